The van der Waals surface area contributed by atoms with Gasteiger partial charge in [0, 0.05) is 30.8 Å². The minimum absolute atomic E-state index is 0.507. The zero-order valence-electron chi connectivity index (χ0n) is 10.0. The maximum Gasteiger partial charge on any atom is 0.190 e. The molecule has 1 unspecified atom stereocenters. The van der Waals surface area contributed by atoms with Crippen LogP contribution in [0.1, 0.15) is 6.92 Å². The molecule has 0 bridgehead atoms. The Bertz CT molecular complexity index is 324. The predicted octanol–water partition coefficient (Wildman–Crippen LogP) is 1.96. The normalized spacial score (nSPS) is 13.3. The minimum atomic E-state index is 0.507. The molecule has 0 aliphatic carbocycles. The molecule has 0 aliphatic heterocycles. The number of hydrogen-bond acceptors (Lipinski definition) is 2. The van der Waals surface area contributed by atoms with Crippen LogP contribution in [0.2, 0.25) is 0 Å². The molecular formula is C12H19N3S. The van der Waals surface area contributed by atoms with E-state index in [0.29, 0.717) is 5.25 Å². The highest BCUT2D eigenvalue weighted by molar-refractivity contribution is 8.00. The number of benzene rings is 1. The molecule has 1 aromatic rings. The van der Waals surface area contributed by atoms with E-state index in [4.69, 9.17) is 0 Å². The summed E-state index contributed by atoms with van der Waals surface area (Å²) >= 11 is 1.86. The summed E-state index contributed by atoms with van der Waals surface area (Å²) < 4.78 is 0. The Morgan fingerprint density at radius 3 is 2.62 bits per heavy atom. The number of thioether (sulfide) groups is 1. The second-order valence-electron chi connectivity index (χ2n) is 3.44. The molecule has 88 valence electrons. The fourth-order valence-corrected chi connectivity index (χ4v) is 2.24. The SMILES string of the molecule is CN=C(NC)NCC(C)Sc1ccccc1. The van der Waals surface area contributed by atoms with Gasteiger partial charge in [-0.1, -0.05) is 25.1 Å². The first-order valence-corrected chi connectivity index (χ1v) is 6.24. The molecule has 16 heavy (non-hydrogen) atoms. The van der Waals surface area contributed by atoms with Gasteiger partial charge in [-0.2, -0.15) is 0 Å². The van der Waals surface area contributed by atoms with Gasteiger partial charge in [-0.3, -0.25) is 4.99 Å². The van der Waals surface area contributed by atoms with Crippen molar-refractivity contribution < 1.29 is 0 Å². The smallest absolute Gasteiger partial charge is 0.190 e. The molecule has 1 atom stereocenters. The molecule has 0 radical (unpaired) electrons. The lowest BCUT2D eigenvalue weighted by Gasteiger charge is -2.14. The summed E-state index contributed by atoms with van der Waals surface area (Å²) in [5.41, 5.74) is 0. The van der Waals surface area contributed by atoms with Gasteiger partial charge < -0.3 is 10.6 Å². The molecule has 0 saturated heterocycles. The molecule has 0 amide bonds. The van der Waals surface area contributed by atoms with Crippen molar-refractivity contribution in [1.29, 1.82) is 0 Å². The van der Waals surface area contributed by atoms with Crippen LogP contribution in [0.4, 0.5) is 0 Å². The Morgan fingerprint density at radius 2 is 2.06 bits per heavy atom. The summed E-state index contributed by atoms with van der Waals surface area (Å²) in [6, 6.07) is 10.4. The lowest BCUT2D eigenvalue weighted by Crippen LogP contribution is -2.37. The first-order chi connectivity index (χ1) is 7.76. The quantitative estimate of drug-likeness (QED) is 0.477. The Kier molecular flexibility index (Phi) is 5.78. The highest BCUT2D eigenvalue weighted by Gasteiger charge is 2.04. The average Bonchev–Trinajstić information content (AvgIpc) is 2.31. The van der Waals surface area contributed by atoms with Gasteiger partial charge in [0.2, 0.25) is 0 Å². The van der Waals surface area contributed by atoms with Crippen molar-refractivity contribution in [2.24, 2.45) is 4.99 Å². The van der Waals surface area contributed by atoms with Crippen LogP contribution in [0, 0.1) is 0 Å². The van der Waals surface area contributed by atoms with Gasteiger partial charge in [0.15, 0.2) is 5.96 Å². The van der Waals surface area contributed by atoms with E-state index in [1.54, 1.807) is 7.05 Å². The summed E-state index contributed by atoms with van der Waals surface area (Å²) in [6.45, 7) is 3.10. The Balaban J connectivity index is 2.34. The zero-order chi connectivity index (χ0) is 11.8. The topological polar surface area (TPSA) is 36.4 Å². The molecule has 0 saturated carbocycles. The first-order valence-electron chi connectivity index (χ1n) is 5.36. The predicted molar refractivity (Wildman–Crippen MR) is 72.2 cm³/mol. The van der Waals surface area contributed by atoms with Crippen molar-refractivity contribution in [3.05, 3.63) is 30.3 Å². The molecule has 3 nitrogen and oxygen atoms in total. The third-order valence-corrected chi connectivity index (χ3v) is 3.21. The fourth-order valence-electron chi connectivity index (χ4n) is 1.29. The van der Waals surface area contributed by atoms with Crippen LogP contribution >= 0.6 is 11.8 Å². The van der Waals surface area contributed by atoms with Crippen molar-refractivity contribution in [3.63, 3.8) is 0 Å². The van der Waals surface area contributed by atoms with Gasteiger partial charge in [-0.25, -0.2) is 0 Å². The zero-order valence-corrected chi connectivity index (χ0v) is 10.8. The number of aliphatic imine (C=N–C) groups is 1. The third-order valence-electron chi connectivity index (χ3n) is 2.10. The Morgan fingerprint density at radius 1 is 1.38 bits per heavy atom. The molecule has 2 N–H and O–H groups in total. The standard InChI is InChI=1S/C12H19N3S/c1-10(9-15-12(13-2)14-3)16-11-7-5-4-6-8-11/h4-8,10H,9H2,1-3H3,(H2,13,14,15). The monoisotopic (exact) mass is 237 g/mol. The average molecular weight is 237 g/mol. The second-order valence-corrected chi connectivity index (χ2v) is 4.96. The van der Waals surface area contributed by atoms with E-state index < -0.39 is 0 Å². The van der Waals surface area contributed by atoms with Crippen LogP contribution in [0.25, 0.3) is 0 Å². The molecule has 1 rings (SSSR count). The van der Waals surface area contributed by atoms with Crippen LogP contribution < -0.4 is 10.6 Å². The van der Waals surface area contributed by atoms with Crippen LogP contribution in [0.15, 0.2) is 40.2 Å². The molecule has 0 aliphatic rings. The maximum absolute atomic E-state index is 4.07. The van der Waals surface area contributed by atoms with Gasteiger partial charge in [-0.15, -0.1) is 11.8 Å². The molecular weight excluding hydrogens is 218 g/mol. The summed E-state index contributed by atoms with van der Waals surface area (Å²) in [5.74, 6) is 0.834. The highest BCUT2D eigenvalue weighted by Crippen LogP contribution is 2.21. The number of nitrogens with one attached hydrogen (secondary N) is 2. The van der Waals surface area contributed by atoms with Crippen LogP contribution in [-0.4, -0.2) is 31.8 Å². The summed E-state index contributed by atoms with van der Waals surface area (Å²) in [5, 5.41) is 6.76. The van der Waals surface area contributed by atoms with E-state index in [9.17, 15) is 0 Å². The van der Waals surface area contributed by atoms with Gasteiger partial charge in [0.1, 0.15) is 0 Å². The van der Waals surface area contributed by atoms with Gasteiger partial charge in [-0.05, 0) is 12.1 Å². The lowest BCUT2D eigenvalue weighted by atomic mass is 10.4. The lowest BCUT2D eigenvalue weighted by molar-refractivity contribution is 0.826. The van der Waals surface area contributed by atoms with E-state index in [1.807, 2.05) is 24.9 Å². The molecule has 1 aromatic carbocycles. The summed E-state index contributed by atoms with van der Waals surface area (Å²) in [7, 11) is 3.64. The second kappa shape index (κ2) is 7.17. The van der Waals surface area contributed by atoms with Crippen LogP contribution in [0.5, 0.6) is 0 Å². The van der Waals surface area contributed by atoms with E-state index in [-0.39, 0.29) is 0 Å². The highest BCUT2D eigenvalue weighted by atomic mass is 32.2. The largest absolute Gasteiger partial charge is 0.359 e. The fraction of sp³-hybridized carbons (Fsp3) is 0.417. The van der Waals surface area contributed by atoms with Crippen molar-refractivity contribution in [2.45, 2.75) is 17.1 Å². The minimum Gasteiger partial charge on any atom is -0.359 e. The van der Waals surface area contributed by atoms with Crippen LogP contribution in [0.3, 0.4) is 0 Å². The van der Waals surface area contributed by atoms with Crippen molar-refractivity contribution in [3.8, 4) is 0 Å². The van der Waals surface area contributed by atoms with E-state index in [2.05, 4.69) is 46.8 Å². The van der Waals surface area contributed by atoms with Crippen molar-refractivity contribution >= 4 is 17.7 Å². The summed E-state index contributed by atoms with van der Waals surface area (Å²) in [4.78, 5) is 5.37. The van der Waals surface area contributed by atoms with E-state index in [1.165, 1.54) is 4.90 Å². The molecule has 4 heteroatoms. The number of rotatable bonds is 4. The van der Waals surface area contributed by atoms with Gasteiger partial charge in [0.05, 0.1) is 0 Å². The number of hydrogen-bond donors (Lipinski definition) is 2. The molecule has 0 heterocycles. The number of nitrogens with zero attached hydrogens (tertiary/aromatic N) is 1. The van der Waals surface area contributed by atoms with Crippen molar-refractivity contribution in [2.75, 3.05) is 20.6 Å². The van der Waals surface area contributed by atoms with E-state index in [0.717, 1.165) is 12.5 Å². The van der Waals surface area contributed by atoms with E-state index >= 15 is 0 Å². The third kappa shape index (κ3) is 4.57. The van der Waals surface area contributed by atoms with Crippen LogP contribution in [-0.2, 0) is 0 Å². The maximum atomic E-state index is 4.07. The molecule has 0 aromatic heterocycles. The molecule has 0 spiro atoms. The Labute approximate surface area is 102 Å². The van der Waals surface area contributed by atoms with Crippen molar-refractivity contribution in [1.82, 2.24) is 10.6 Å². The number of guanidine groups is 1. The first kappa shape index (κ1) is 12.9. The molecule has 0 fully saturated rings. The van der Waals surface area contributed by atoms with Gasteiger partial charge >= 0.3 is 0 Å². The summed E-state index contributed by atoms with van der Waals surface area (Å²) in [6.07, 6.45) is 0. The Hall–Kier alpha value is -1.16. The van der Waals surface area contributed by atoms with Gasteiger partial charge in [0.25, 0.3) is 0 Å².